The molecular weight excluding hydrogens is 442 g/mol. The van der Waals surface area contributed by atoms with Crippen LogP contribution in [0, 0.1) is 0 Å². The molecule has 0 saturated carbocycles. The molecule has 0 unspecified atom stereocenters. The molecule has 0 bridgehead atoms. The maximum atomic E-state index is 12.6. The third-order valence-corrected chi connectivity index (χ3v) is 7.91. The van der Waals surface area contributed by atoms with Crippen LogP contribution in [0.4, 0.5) is 0 Å². The number of H-pyrrole nitrogens is 1. The molecule has 0 radical (unpaired) electrons. The lowest BCUT2D eigenvalue weighted by atomic mass is 10.0. The van der Waals surface area contributed by atoms with Crippen LogP contribution >= 0.6 is 23.1 Å². The fourth-order valence-electron chi connectivity index (χ4n) is 4.28. The first-order valence-electron chi connectivity index (χ1n) is 10.6. The number of amides is 1. The van der Waals surface area contributed by atoms with Crippen molar-refractivity contribution >= 4 is 50.0 Å². The highest BCUT2D eigenvalue weighted by atomic mass is 32.2. The molecule has 2 heterocycles. The quantitative estimate of drug-likeness (QED) is 0.428. The largest absolute Gasteiger partial charge is 0.496 e. The topological polar surface area (TPSA) is 84.1 Å². The third kappa shape index (κ3) is 4.00. The zero-order valence-corrected chi connectivity index (χ0v) is 19.3. The number of aromatic nitrogens is 2. The molecule has 4 aromatic rings. The van der Waals surface area contributed by atoms with Gasteiger partial charge in [-0.3, -0.25) is 9.59 Å². The Bertz CT molecular complexity index is 1380. The van der Waals surface area contributed by atoms with E-state index in [1.807, 2.05) is 36.4 Å². The molecule has 1 amide bonds. The highest BCUT2D eigenvalue weighted by Gasteiger charge is 2.21. The first-order valence-corrected chi connectivity index (χ1v) is 12.5. The summed E-state index contributed by atoms with van der Waals surface area (Å²) >= 11 is 3.07. The maximum Gasteiger partial charge on any atom is 0.259 e. The summed E-state index contributed by atoms with van der Waals surface area (Å²) in [6.07, 6.45) is 3.13. The van der Waals surface area contributed by atoms with Gasteiger partial charge in [-0.1, -0.05) is 30.3 Å². The number of fused-ring (bicyclic) bond motifs is 4. The van der Waals surface area contributed by atoms with E-state index < -0.39 is 0 Å². The minimum Gasteiger partial charge on any atom is -0.496 e. The third-order valence-electron chi connectivity index (χ3n) is 5.78. The van der Waals surface area contributed by atoms with Gasteiger partial charge in [0.05, 0.1) is 24.0 Å². The molecule has 2 N–H and O–H groups in total. The van der Waals surface area contributed by atoms with Crippen molar-refractivity contribution in [3.63, 3.8) is 0 Å². The summed E-state index contributed by atoms with van der Waals surface area (Å²) < 4.78 is 5.50. The zero-order valence-electron chi connectivity index (χ0n) is 17.7. The fourth-order valence-corrected chi connectivity index (χ4v) is 6.28. The molecule has 0 spiro atoms. The number of ether oxygens (including phenoxy) is 1. The van der Waals surface area contributed by atoms with Gasteiger partial charge in [-0.25, -0.2) is 4.98 Å². The number of benzene rings is 2. The van der Waals surface area contributed by atoms with Crippen molar-refractivity contribution in [2.24, 2.45) is 0 Å². The van der Waals surface area contributed by atoms with Crippen molar-refractivity contribution < 1.29 is 9.53 Å². The Balaban J connectivity index is 1.21. The Morgan fingerprint density at radius 1 is 1.25 bits per heavy atom. The van der Waals surface area contributed by atoms with E-state index in [-0.39, 0.29) is 17.2 Å². The predicted octanol–water partition coefficient (Wildman–Crippen LogP) is 4.18. The average Bonchev–Trinajstić information content (AvgIpc) is 3.38. The van der Waals surface area contributed by atoms with Crippen LogP contribution in [-0.4, -0.2) is 28.7 Å². The van der Waals surface area contributed by atoms with Gasteiger partial charge < -0.3 is 15.0 Å². The van der Waals surface area contributed by atoms with E-state index >= 15 is 0 Å². The van der Waals surface area contributed by atoms with E-state index in [0.717, 1.165) is 51.6 Å². The molecule has 5 rings (SSSR count). The Morgan fingerprint density at radius 3 is 3.00 bits per heavy atom. The smallest absolute Gasteiger partial charge is 0.259 e. The highest BCUT2D eigenvalue weighted by molar-refractivity contribution is 7.99. The Hall–Kier alpha value is -2.84. The number of aryl methyl sites for hydroxylation is 2. The lowest BCUT2D eigenvalue weighted by Gasteiger charge is -2.13. The van der Waals surface area contributed by atoms with Gasteiger partial charge in [0.1, 0.15) is 16.4 Å². The van der Waals surface area contributed by atoms with Gasteiger partial charge in [0.25, 0.3) is 5.56 Å². The first kappa shape index (κ1) is 21.0. The van der Waals surface area contributed by atoms with E-state index in [2.05, 4.69) is 15.3 Å². The summed E-state index contributed by atoms with van der Waals surface area (Å²) in [5, 5.41) is 5.93. The summed E-state index contributed by atoms with van der Waals surface area (Å²) in [7, 11) is 1.64. The van der Waals surface area contributed by atoms with Gasteiger partial charge in [0, 0.05) is 17.0 Å². The number of carbonyl (C=O) groups is 1. The highest BCUT2D eigenvalue weighted by Crippen LogP contribution is 2.34. The van der Waals surface area contributed by atoms with Crippen molar-refractivity contribution in [3.8, 4) is 5.75 Å². The number of hydrogen-bond acceptors (Lipinski definition) is 6. The van der Waals surface area contributed by atoms with Gasteiger partial charge in [-0.15, -0.1) is 23.1 Å². The summed E-state index contributed by atoms with van der Waals surface area (Å²) in [6.45, 7) is 0.395. The van der Waals surface area contributed by atoms with E-state index in [0.29, 0.717) is 18.1 Å². The number of thioether (sulfide) groups is 1. The standard InChI is InChI=1S/C24H23N3O3S2/c1-30-18-10-9-14-5-2-3-6-15(14)17(18)11-25-21(28)13-31-12-20-26-23(29)22-16-7-4-8-19(16)32-24(22)27-20/h2-3,5-6,9-10H,4,7-8,11-13H2,1H3,(H,25,28)(H,26,27,29). The van der Waals surface area contributed by atoms with Crippen LogP contribution in [0.25, 0.3) is 21.0 Å². The number of carbonyl (C=O) groups excluding carboxylic acids is 1. The number of hydrogen-bond donors (Lipinski definition) is 2. The minimum absolute atomic E-state index is 0.0579. The Kier molecular flexibility index (Phi) is 5.89. The summed E-state index contributed by atoms with van der Waals surface area (Å²) in [6, 6.07) is 12.0. The molecular formula is C24H23N3O3S2. The van der Waals surface area contributed by atoms with E-state index in [9.17, 15) is 9.59 Å². The number of aromatic amines is 1. The van der Waals surface area contributed by atoms with Gasteiger partial charge in [0.15, 0.2) is 0 Å². The van der Waals surface area contributed by atoms with Crippen LogP contribution in [0.15, 0.2) is 41.2 Å². The van der Waals surface area contributed by atoms with E-state index in [1.165, 1.54) is 22.2 Å². The molecule has 0 atom stereocenters. The molecule has 8 heteroatoms. The summed E-state index contributed by atoms with van der Waals surface area (Å²) in [5.74, 6) is 2.09. The van der Waals surface area contributed by atoms with Crippen LogP contribution in [0.5, 0.6) is 5.75 Å². The lowest BCUT2D eigenvalue weighted by Crippen LogP contribution is -2.25. The molecule has 32 heavy (non-hydrogen) atoms. The van der Waals surface area contributed by atoms with Crippen molar-refractivity contribution in [1.82, 2.24) is 15.3 Å². The van der Waals surface area contributed by atoms with Crippen LogP contribution < -0.4 is 15.6 Å². The second kappa shape index (κ2) is 8.96. The van der Waals surface area contributed by atoms with Crippen molar-refractivity contribution in [2.45, 2.75) is 31.6 Å². The van der Waals surface area contributed by atoms with Crippen LogP contribution in [0.3, 0.4) is 0 Å². The number of methoxy groups -OCH3 is 1. The number of nitrogens with one attached hydrogen (secondary N) is 2. The second-order valence-electron chi connectivity index (χ2n) is 7.79. The van der Waals surface area contributed by atoms with Gasteiger partial charge in [-0.05, 0) is 41.7 Å². The van der Waals surface area contributed by atoms with Gasteiger partial charge in [0.2, 0.25) is 5.91 Å². The normalized spacial score (nSPS) is 12.9. The molecule has 0 fully saturated rings. The molecule has 164 valence electrons. The summed E-state index contributed by atoms with van der Waals surface area (Å²) in [4.78, 5) is 34.7. The molecule has 2 aromatic carbocycles. The molecule has 1 aliphatic carbocycles. The SMILES string of the molecule is COc1ccc2ccccc2c1CNC(=O)CSCc1nc2sc3c(c2c(=O)[nH]1)CCC3. The molecule has 0 saturated heterocycles. The molecule has 6 nitrogen and oxygen atoms in total. The maximum absolute atomic E-state index is 12.6. The first-order chi connectivity index (χ1) is 15.6. The minimum atomic E-state index is -0.0662. The average molecular weight is 466 g/mol. The van der Waals surface area contributed by atoms with Crippen LogP contribution in [0.1, 0.15) is 28.2 Å². The van der Waals surface area contributed by atoms with E-state index in [1.54, 1.807) is 18.4 Å². The van der Waals surface area contributed by atoms with Crippen molar-refractivity contribution in [3.05, 3.63) is 68.6 Å². The monoisotopic (exact) mass is 465 g/mol. The number of nitrogens with zero attached hydrogens (tertiary/aromatic N) is 1. The second-order valence-corrected chi connectivity index (χ2v) is 9.86. The van der Waals surface area contributed by atoms with Gasteiger partial charge >= 0.3 is 0 Å². The van der Waals surface area contributed by atoms with Crippen molar-refractivity contribution in [2.75, 3.05) is 12.9 Å². The zero-order chi connectivity index (χ0) is 22.1. The lowest BCUT2D eigenvalue weighted by molar-refractivity contribution is -0.118. The molecule has 0 aliphatic heterocycles. The Morgan fingerprint density at radius 2 is 2.12 bits per heavy atom. The van der Waals surface area contributed by atoms with Gasteiger partial charge in [-0.2, -0.15) is 0 Å². The molecule has 1 aliphatic rings. The predicted molar refractivity (Wildman–Crippen MR) is 131 cm³/mol. The van der Waals surface area contributed by atoms with E-state index in [4.69, 9.17) is 4.74 Å². The van der Waals surface area contributed by atoms with Crippen LogP contribution in [0.2, 0.25) is 0 Å². The Labute approximate surface area is 193 Å². The number of thiophene rings is 1. The number of rotatable bonds is 7. The molecule has 2 aromatic heterocycles. The summed E-state index contributed by atoms with van der Waals surface area (Å²) in [5.41, 5.74) is 2.09. The fraction of sp³-hybridized carbons (Fsp3) is 0.292. The van der Waals surface area contributed by atoms with Crippen molar-refractivity contribution in [1.29, 1.82) is 0 Å². The van der Waals surface area contributed by atoms with Crippen LogP contribution in [-0.2, 0) is 29.9 Å².